The highest BCUT2D eigenvalue weighted by Gasteiger charge is 2.16. The highest BCUT2D eigenvalue weighted by atomic mass is 32.1. The predicted octanol–water partition coefficient (Wildman–Crippen LogP) is 4.46. The third-order valence-corrected chi connectivity index (χ3v) is 4.42. The molecule has 0 radical (unpaired) electrons. The third-order valence-electron chi connectivity index (χ3n) is 3.42. The molecule has 1 aromatic heterocycles. The zero-order chi connectivity index (χ0) is 13.8. The quantitative estimate of drug-likeness (QED) is 0.874. The van der Waals surface area contributed by atoms with Gasteiger partial charge in [-0.3, -0.25) is 0 Å². The van der Waals surface area contributed by atoms with Crippen LogP contribution >= 0.6 is 11.3 Å². The Labute approximate surface area is 119 Å². The van der Waals surface area contributed by atoms with Crippen LogP contribution in [0.3, 0.4) is 0 Å². The van der Waals surface area contributed by atoms with E-state index >= 15 is 0 Å². The summed E-state index contributed by atoms with van der Waals surface area (Å²) in [5, 5.41) is 3.19. The second-order valence-corrected chi connectivity index (χ2v) is 6.31. The lowest BCUT2D eigenvalue weighted by Crippen LogP contribution is -2.13. The predicted molar refractivity (Wildman–Crippen MR) is 82.6 cm³/mol. The van der Waals surface area contributed by atoms with Crippen molar-refractivity contribution >= 4 is 11.3 Å². The summed E-state index contributed by atoms with van der Waals surface area (Å²) in [7, 11) is 0. The van der Waals surface area contributed by atoms with Crippen LogP contribution in [0.15, 0.2) is 35.7 Å². The van der Waals surface area contributed by atoms with Crippen LogP contribution in [0.25, 0.3) is 0 Å². The highest BCUT2D eigenvalue weighted by molar-refractivity contribution is 7.09. The number of rotatable bonds is 5. The third kappa shape index (κ3) is 3.64. The van der Waals surface area contributed by atoms with Crippen molar-refractivity contribution < 1.29 is 0 Å². The van der Waals surface area contributed by atoms with Gasteiger partial charge < -0.3 is 5.73 Å². The molecule has 2 nitrogen and oxygen atoms in total. The van der Waals surface area contributed by atoms with E-state index in [1.54, 1.807) is 11.3 Å². The lowest BCUT2D eigenvalue weighted by Gasteiger charge is -2.16. The van der Waals surface area contributed by atoms with Crippen molar-refractivity contribution in [2.24, 2.45) is 5.73 Å². The summed E-state index contributed by atoms with van der Waals surface area (Å²) >= 11 is 1.69. The van der Waals surface area contributed by atoms with E-state index in [2.05, 4.69) is 55.4 Å². The molecule has 3 heteroatoms. The molecule has 1 heterocycles. The van der Waals surface area contributed by atoms with Crippen molar-refractivity contribution in [3.05, 3.63) is 52.0 Å². The minimum atomic E-state index is 0.0349. The highest BCUT2D eigenvalue weighted by Crippen LogP contribution is 2.29. The molecule has 2 N–H and O–H groups in total. The smallest absolute Gasteiger partial charge is 0.110 e. The van der Waals surface area contributed by atoms with E-state index in [4.69, 9.17) is 5.73 Å². The minimum absolute atomic E-state index is 0.0349. The zero-order valence-electron chi connectivity index (χ0n) is 11.8. The molecule has 0 aliphatic heterocycles. The van der Waals surface area contributed by atoms with Gasteiger partial charge >= 0.3 is 0 Å². The van der Waals surface area contributed by atoms with Gasteiger partial charge in [0.1, 0.15) is 5.01 Å². The average molecular weight is 274 g/mol. The van der Waals surface area contributed by atoms with Gasteiger partial charge in [-0.2, -0.15) is 0 Å². The summed E-state index contributed by atoms with van der Waals surface area (Å²) < 4.78 is 0. The van der Waals surface area contributed by atoms with Crippen LogP contribution in [0.5, 0.6) is 0 Å². The minimum Gasteiger partial charge on any atom is -0.322 e. The molecule has 0 aliphatic carbocycles. The monoisotopic (exact) mass is 274 g/mol. The van der Waals surface area contributed by atoms with Gasteiger partial charge in [-0.25, -0.2) is 4.98 Å². The molecule has 2 rings (SSSR count). The molecule has 1 aromatic carbocycles. The van der Waals surface area contributed by atoms with Gasteiger partial charge in [0.05, 0.1) is 11.7 Å². The van der Waals surface area contributed by atoms with Gasteiger partial charge in [-0.1, -0.05) is 51.1 Å². The molecule has 0 fully saturated rings. The van der Waals surface area contributed by atoms with Crippen molar-refractivity contribution in [1.29, 1.82) is 0 Å². The summed E-state index contributed by atoms with van der Waals surface area (Å²) in [6.45, 7) is 6.56. The second kappa shape index (κ2) is 6.31. The maximum atomic E-state index is 6.29. The van der Waals surface area contributed by atoms with Gasteiger partial charge in [0, 0.05) is 5.38 Å². The van der Waals surface area contributed by atoms with E-state index < -0.39 is 0 Å². The Morgan fingerprint density at radius 2 is 1.84 bits per heavy atom. The first-order chi connectivity index (χ1) is 9.08. The standard InChI is InChI=1S/C16H22N2S/c1-11(2)15-10-19-16(18-15)14(17)9-12(3)13-7-5-4-6-8-13/h4-8,10-12,14H,9,17H2,1-3H3. The Morgan fingerprint density at radius 3 is 2.42 bits per heavy atom. The number of hydrogen-bond donors (Lipinski definition) is 1. The molecule has 2 unspecified atom stereocenters. The normalized spacial score (nSPS) is 14.6. The number of nitrogens with zero attached hydrogens (tertiary/aromatic N) is 1. The topological polar surface area (TPSA) is 38.9 Å². The van der Waals surface area contributed by atoms with Crippen LogP contribution in [-0.4, -0.2) is 4.98 Å². The van der Waals surface area contributed by atoms with Crippen molar-refractivity contribution in [3.63, 3.8) is 0 Å². The zero-order valence-corrected chi connectivity index (χ0v) is 12.7. The van der Waals surface area contributed by atoms with Crippen molar-refractivity contribution in [2.45, 2.75) is 45.1 Å². The lowest BCUT2D eigenvalue weighted by molar-refractivity contribution is 0.569. The van der Waals surface area contributed by atoms with Crippen LogP contribution in [0.1, 0.15) is 61.3 Å². The van der Waals surface area contributed by atoms with Crippen LogP contribution in [-0.2, 0) is 0 Å². The van der Waals surface area contributed by atoms with Gasteiger partial charge in [0.25, 0.3) is 0 Å². The SMILES string of the molecule is CC(C)c1csc(C(N)CC(C)c2ccccc2)n1. The Balaban J connectivity index is 2.02. The molecule has 19 heavy (non-hydrogen) atoms. The summed E-state index contributed by atoms with van der Waals surface area (Å²) in [6.07, 6.45) is 0.940. The molecular formula is C16H22N2S. The maximum absolute atomic E-state index is 6.29. The first-order valence-electron chi connectivity index (χ1n) is 6.83. The first-order valence-corrected chi connectivity index (χ1v) is 7.71. The average Bonchev–Trinajstić information content (AvgIpc) is 2.89. The van der Waals surface area contributed by atoms with Gasteiger partial charge in [-0.15, -0.1) is 11.3 Å². The van der Waals surface area contributed by atoms with Crippen LogP contribution in [0, 0.1) is 0 Å². The lowest BCUT2D eigenvalue weighted by atomic mass is 9.94. The van der Waals surface area contributed by atoms with E-state index in [1.165, 1.54) is 5.56 Å². The van der Waals surface area contributed by atoms with E-state index in [1.807, 2.05) is 6.07 Å². The number of aromatic nitrogens is 1. The molecule has 0 saturated carbocycles. The van der Waals surface area contributed by atoms with Gasteiger partial charge in [0.2, 0.25) is 0 Å². The first kappa shape index (κ1) is 14.2. The summed E-state index contributed by atoms with van der Waals surface area (Å²) in [4.78, 5) is 4.65. The van der Waals surface area contributed by atoms with E-state index in [-0.39, 0.29) is 6.04 Å². The van der Waals surface area contributed by atoms with Crippen molar-refractivity contribution in [2.75, 3.05) is 0 Å². The molecule has 0 spiro atoms. The summed E-state index contributed by atoms with van der Waals surface area (Å²) in [5.74, 6) is 0.936. The van der Waals surface area contributed by atoms with E-state index in [9.17, 15) is 0 Å². The summed E-state index contributed by atoms with van der Waals surface area (Å²) in [5.41, 5.74) is 8.80. The molecule has 0 bridgehead atoms. The number of nitrogens with two attached hydrogens (primary N) is 1. The fourth-order valence-electron chi connectivity index (χ4n) is 2.14. The van der Waals surface area contributed by atoms with Crippen molar-refractivity contribution in [3.8, 4) is 0 Å². The van der Waals surface area contributed by atoms with E-state index in [0.717, 1.165) is 17.1 Å². The van der Waals surface area contributed by atoms with Crippen molar-refractivity contribution in [1.82, 2.24) is 4.98 Å². The maximum Gasteiger partial charge on any atom is 0.110 e. The molecule has 0 amide bonds. The fraction of sp³-hybridized carbons (Fsp3) is 0.438. The number of benzene rings is 1. The Kier molecular flexibility index (Phi) is 4.72. The Morgan fingerprint density at radius 1 is 1.16 bits per heavy atom. The van der Waals surface area contributed by atoms with Crippen LogP contribution < -0.4 is 5.73 Å². The number of thiazole rings is 1. The Bertz CT molecular complexity index is 504. The Hall–Kier alpha value is -1.19. The van der Waals surface area contributed by atoms with Crippen LogP contribution in [0.2, 0.25) is 0 Å². The molecule has 2 atom stereocenters. The van der Waals surface area contributed by atoms with Gasteiger partial charge in [0.15, 0.2) is 0 Å². The van der Waals surface area contributed by atoms with E-state index in [0.29, 0.717) is 11.8 Å². The molecule has 2 aromatic rings. The number of hydrogen-bond acceptors (Lipinski definition) is 3. The molecular weight excluding hydrogens is 252 g/mol. The second-order valence-electron chi connectivity index (χ2n) is 5.42. The fourth-order valence-corrected chi connectivity index (χ4v) is 3.13. The molecule has 0 aliphatic rings. The molecule has 0 saturated heterocycles. The largest absolute Gasteiger partial charge is 0.322 e. The van der Waals surface area contributed by atoms with Crippen LogP contribution in [0.4, 0.5) is 0 Å². The molecule has 102 valence electrons. The summed E-state index contributed by atoms with van der Waals surface area (Å²) in [6, 6.07) is 10.6. The van der Waals surface area contributed by atoms with Gasteiger partial charge in [-0.05, 0) is 23.8 Å².